The summed E-state index contributed by atoms with van der Waals surface area (Å²) < 4.78 is 0. The summed E-state index contributed by atoms with van der Waals surface area (Å²) in [6.45, 7) is 2.85. The Kier molecular flexibility index (Phi) is 4.39. The molecule has 2 N–H and O–H groups in total. The number of hydrogen-bond acceptors (Lipinski definition) is 5. The number of rotatable bonds is 5. The molecule has 2 heterocycles. The highest BCUT2D eigenvalue weighted by atomic mass is 16.1. The van der Waals surface area contributed by atoms with Crippen LogP contribution >= 0.6 is 0 Å². The third-order valence-corrected chi connectivity index (χ3v) is 2.33. The molecule has 0 aliphatic heterocycles. The average Bonchev–Trinajstić information content (AvgIpc) is 2.46. The quantitative estimate of drug-likeness (QED) is 0.855. The molecule has 6 heteroatoms. The average molecular weight is 257 g/mol. The van der Waals surface area contributed by atoms with Crippen LogP contribution in [0, 0.1) is 0 Å². The first kappa shape index (κ1) is 12.9. The predicted octanol–water partition coefficient (Wildman–Crippen LogP) is 1.95. The minimum Gasteiger partial charge on any atom is -0.369 e. The molecular weight excluding hydrogens is 242 g/mol. The van der Waals surface area contributed by atoms with Crippen molar-refractivity contribution in [3.63, 3.8) is 0 Å². The molecule has 2 rings (SSSR count). The van der Waals surface area contributed by atoms with Crippen molar-refractivity contribution in [2.45, 2.75) is 13.3 Å². The fraction of sp³-hybridized carbons (Fsp3) is 0.231. The third kappa shape index (κ3) is 3.74. The van der Waals surface area contributed by atoms with Gasteiger partial charge in [-0.05, 0) is 18.6 Å². The predicted molar refractivity (Wildman–Crippen MR) is 73.0 cm³/mol. The summed E-state index contributed by atoms with van der Waals surface area (Å²) in [6.07, 6.45) is 5.61. The summed E-state index contributed by atoms with van der Waals surface area (Å²) in [5.74, 6) is 0.753. The minimum absolute atomic E-state index is 0.256. The molecule has 0 atom stereocenters. The topological polar surface area (TPSA) is 79.8 Å². The number of anilines is 2. The van der Waals surface area contributed by atoms with Crippen LogP contribution in [0.25, 0.3) is 0 Å². The van der Waals surface area contributed by atoms with Crippen LogP contribution in [-0.2, 0) is 0 Å². The van der Waals surface area contributed by atoms with Crippen molar-refractivity contribution in [2.24, 2.45) is 0 Å². The molecule has 0 spiro atoms. The third-order valence-electron chi connectivity index (χ3n) is 2.33. The summed E-state index contributed by atoms with van der Waals surface area (Å²) in [5, 5.41) is 5.75. The van der Waals surface area contributed by atoms with Gasteiger partial charge >= 0.3 is 0 Å². The van der Waals surface area contributed by atoms with E-state index < -0.39 is 0 Å². The number of nitrogens with zero attached hydrogens (tertiary/aromatic N) is 3. The highest BCUT2D eigenvalue weighted by Gasteiger charge is 2.09. The van der Waals surface area contributed by atoms with E-state index in [2.05, 4.69) is 32.5 Å². The molecule has 98 valence electrons. The van der Waals surface area contributed by atoms with Crippen LogP contribution in [-0.4, -0.2) is 27.4 Å². The fourth-order valence-corrected chi connectivity index (χ4v) is 1.43. The van der Waals surface area contributed by atoms with Gasteiger partial charge in [-0.1, -0.05) is 13.0 Å². The second kappa shape index (κ2) is 6.44. The van der Waals surface area contributed by atoms with Crippen molar-refractivity contribution in [1.82, 2.24) is 15.0 Å². The minimum atomic E-state index is -0.327. The number of carbonyl (C=O) groups is 1. The standard InChI is InChI=1S/C13H15N5O/c1-2-6-15-12-9-14-8-10(17-12)13(19)18-11-5-3-4-7-16-11/h3-5,7-9H,2,6H2,1H3,(H,15,17)(H,16,18,19). The molecule has 19 heavy (non-hydrogen) atoms. The Morgan fingerprint density at radius 3 is 2.89 bits per heavy atom. The van der Waals surface area contributed by atoms with Gasteiger partial charge in [0.2, 0.25) is 0 Å². The van der Waals surface area contributed by atoms with Gasteiger partial charge in [0.1, 0.15) is 17.3 Å². The summed E-state index contributed by atoms with van der Waals surface area (Å²) in [5.41, 5.74) is 0.256. The van der Waals surface area contributed by atoms with Crippen LogP contribution < -0.4 is 10.6 Å². The van der Waals surface area contributed by atoms with Gasteiger partial charge < -0.3 is 10.6 Å². The summed E-state index contributed by atoms with van der Waals surface area (Å²) in [4.78, 5) is 24.2. The van der Waals surface area contributed by atoms with E-state index in [0.717, 1.165) is 13.0 Å². The monoisotopic (exact) mass is 257 g/mol. The zero-order chi connectivity index (χ0) is 13.5. The van der Waals surface area contributed by atoms with E-state index in [1.807, 2.05) is 0 Å². The van der Waals surface area contributed by atoms with Crippen molar-refractivity contribution in [3.05, 3.63) is 42.5 Å². The Labute approximate surface area is 111 Å². The number of aromatic nitrogens is 3. The van der Waals surface area contributed by atoms with Gasteiger partial charge in [0.05, 0.1) is 12.4 Å². The van der Waals surface area contributed by atoms with E-state index in [0.29, 0.717) is 11.6 Å². The van der Waals surface area contributed by atoms with Crippen LogP contribution in [0.2, 0.25) is 0 Å². The largest absolute Gasteiger partial charge is 0.369 e. The number of carbonyl (C=O) groups excluding carboxylic acids is 1. The zero-order valence-corrected chi connectivity index (χ0v) is 10.6. The molecule has 1 amide bonds. The van der Waals surface area contributed by atoms with Crippen LogP contribution in [0.4, 0.5) is 11.6 Å². The van der Waals surface area contributed by atoms with Gasteiger partial charge in [0, 0.05) is 12.7 Å². The van der Waals surface area contributed by atoms with Crippen molar-refractivity contribution in [3.8, 4) is 0 Å². The molecule has 6 nitrogen and oxygen atoms in total. The number of hydrogen-bond donors (Lipinski definition) is 2. The lowest BCUT2D eigenvalue weighted by molar-refractivity contribution is 0.102. The van der Waals surface area contributed by atoms with E-state index in [4.69, 9.17) is 0 Å². The Balaban J connectivity index is 2.06. The van der Waals surface area contributed by atoms with Gasteiger partial charge in [-0.2, -0.15) is 0 Å². The van der Waals surface area contributed by atoms with E-state index in [-0.39, 0.29) is 11.6 Å². The van der Waals surface area contributed by atoms with Crippen molar-refractivity contribution in [2.75, 3.05) is 17.2 Å². The van der Waals surface area contributed by atoms with Crippen LogP contribution in [0.3, 0.4) is 0 Å². The van der Waals surface area contributed by atoms with E-state index >= 15 is 0 Å². The maximum atomic E-state index is 12.0. The lowest BCUT2D eigenvalue weighted by atomic mass is 10.4. The molecule has 0 unspecified atom stereocenters. The van der Waals surface area contributed by atoms with Gasteiger partial charge in [-0.25, -0.2) is 9.97 Å². The molecule has 2 aromatic heterocycles. The molecule has 0 saturated carbocycles. The summed E-state index contributed by atoms with van der Waals surface area (Å²) >= 11 is 0. The molecule has 0 aliphatic carbocycles. The molecule has 0 saturated heterocycles. The highest BCUT2D eigenvalue weighted by Crippen LogP contribution is 2.06. The van der Waals surface area contributed by atoms with Gasteiger partial charge in [-0.3, -0.25) is 9.78 Å². The molecule has 0 bridgehead atoms. The smallest absolute Gasteiger partial charge is 0.277 e. The SMILES string of the molecule is CCCNc1cncc(C(=O)Nc2ccccn2)n1. The molecule has 0 fully saturated rings. The van der Waals surface area contributed by atoms with E-state index in [1.54, 1.807) is 30.6 Å². The maximum Gasteiger partial charge on any atom is 0.277 e. The van der Waals surface area contributed by atoms with Crippen molar-refractivity contribution < 1.29 is 4.79 Å². The number of amides is 1. The van der Waals surface area contributed by atoms with Crippen LogP contribution in [0.15, 0.2) is 36.8 Å². The molecular formula is C13H15N5O. The second-order valence-electron chi connectivity index (χ2n) is 3.89. The lowest BCUT2D eigenvalue weighted by Gasteiger charge is -2.06. The highest BCUT2D eigenvalue weighted by molar-refractivity contribution is 6.02. The van der Waals surface area contributed by atoms with Gasteiger partial charge in [0.25, 0.3) is 5.91 Å². The Morgan fingerprint density at radius 2 is 2.16 bits per heavy atom. The summed E-state index contributed by atoms with van der Waals surface area (Å²) in [7, 11) is 0. The zero-order valence-electron chi connectivity index (χ0n) is 10.6. The summed E-state index contributed by atoms with van der Waals surface area (Å²) in [6, 6.07) is 5.29. The normalized spacial score (nSPS) is 9.95. The molecule has 2 aromatic rings. The molecule has 0 radical (unpaired) electrons. The first-order valence-electron chi connectivity index (χ1n) is 6.08. The van der Waals surface area contributed by atoms with Gasteiger partial charge in [0.15, 0.2) is 0 Å². The fourth-order valence-electron chi connectivity index (χ4n) is 1.43. The first-order valence-corrected chi connectivity index (χ1v) is 6.08. The van der Waals surface area contributed by atoms with Crippen molar-refractivity contribution in [1.29, 1.82) is 0 Å². The second-order valence-corrected chi connectivity index (χ2v) is 3.89. The Hall–Kier alpha value is -2.50. The number of nitrogens with one attached hydrogen (secondary N) is 2. The Bertz CT molecular complexity index is 544. The van der Waals surface area contributed by atoms with Gasteiger partial charge in [-0.15, -0.1) is 0 Å². The lowest BCUT2D eigenvalue weighted by Crippen LogP contribution is -2.16. The first-order chi connectivity index (χ1) is 9.29. The molecule has 0 aliphatic rings. The molecule has 0 aromatic carbocycles. The van der Waals surface area contributed by atoms with Crippen molar-refractivity contribution >= 4 is 17.5 Å². The van der Waals surface area contributed by atoms with E-state index in [9.17, 15) is 4.79 Å². The van der Waals surface area contributed by atoms with Crippen LogP contribution in [0.5, 0.6) is 0 Å². The Morgan fingerprint density at radius 1 is 1.26 bits per heavy atom. The van der Waals surface area contributed by atoms with E-state index in [1.165, 1.54) is 6.20 Å². The van der Waals surface area contributed by atoms with Crippen LogP contribution in [0.1, 0.15) is 23.8 Å². The number of pyridine rings is 1. The maximum absolute atomic E-state index is 12.0.